The molecule has 13 heavy (non-hydrogen) atoms. The Morgan fingerprint density at radius 2 is 2.46 bits per heavy atom. The van der Waals surface area contributed by atoms with Crippen LogP contribution in [-0.2, 0) is 0 Å². The Bertz CT molecular complexity index is 312. The molecule has 0 spiro atoms. The number of hydrogen-bond acceptors (Lipinski definition) is 2. The molecular formula is C9H10ClFN2. The second-order valence-corrected chi connectivity index (χ2v) is 2.93. The Kier molecular flexibility index (Phi) is 3.86. The number of nitrogens with one attached hydrogen (secondary N) is 1. The van der Waals surface area contributed by atoms with Gasteiger partial charge < -0.3 is 5.32 Å². The number of hydrogen-bond donors (Lipinski definition) is 1. The van der Waals surface area contributed by atoms with Crippen LogP contribution in [0.5, 0.6) is 0 Å². The number of pyridine rings is 1. The van der Waals surface area contributed by atoms with E-state index in [-0.39, 0.29) is 0 Å². The van der Waals surface area contributed by atoms with Crippen LogP contribution in [0.3, 0.4) is 0 Å². The summed E-state index contributed by atoms with van der Waals surface area (Å²) in [7, 11) is 1.82. The molecule has 0 bridgehead atoms. The molecule has 0 amide bonds. The van der Waals surface area contributed by atoms with Crippen molar-refractivity contribution in [3.05, 3.63) is 34.9 Å². The van der Waals surface area contributed by atoms with Crippen LogP contribution >= 0.6 is 11.6 Å². The van der Waals surface area contributed by atoms with Crippen LogP contribution in [0.15, 0.2) is 18.3 Å². The summed E-state index contributed by atoms with van der Waals surface area (Å²) in [6, 6.07) is 1.54. The molecule has 0 aliphatic heterocycles. The maximum atomic E-state index is 13.0. The van der Waals surface area contributed by atoms with Gasteiger partial charge in [0.05, 0.1) is 5.02 Å². The molecule has 4 heteroatoms. The van der Waals surface area contributed by atoms with Crippen LogP contribution in [0.2, 0.25) is 5.02 Å². The predicted molar refractivity (Wildman–Crippen MR) is 52.2 cm³/mol. The standard InChI is InChI=1S/C9H10ClFN2/c1-12-4-2-3-7-5-8(10)6-13-9(7)11/h2-3,5-6,12H,4H2,1H3. The smallest absolute Gasteiger partial charge is 0.220 e. The Morgan fingerprint density at radius 3 is 3.15 bits per heavy atom. The third kappa shape index (κ3) is 3.13. The molecule has 0 aromatic carbocycles. The van der Waals surface area contributed by atoms with Gasteiger partial charge in [0.2, 0.25) is 5.95 Å². The molecule has 1 N–H and O–H groups in total. The van der Waals surface area contributed by atoms with E-state index in [0.717, 1.165) is 0 Å². The fraction of sp³-hybridized carbons (Fsp3) is 0.222. The molecule has 0 unspecified atom stereocenters. The van der Waals surface area contributed by atoms with Gasteiger partial charge in [0.15, 0.2) is 0 Å². The highest BCUT2D eigenvalue weighted by atomic mass is 35.5. The first-order valence-corrected chi connectivity index (χ1v) is 4.24. The molecule has 0 atom stereocenters. The van der Waals surface area contributed by atoms with E-state index in [4.69, 9.17) is 11.6 Å². The van der Waals surface area contributed by atoms with Gasteiger partial charge in [-0.25, -0.2) is 4.98 Å². The van der Waals surface area contributed by atoms with Crippen LogP contribution in [-0.4, -0.2) is 18.6 Å². The van der Waals surface area contributed by atoms with Crippen LogP contribution < -0.4 is 5.32 Å². The van der Waals surface area contributed by atoms with Crippen molar-refractivity contribution in [1.29, 1.82) is 0 Å². The van der Waals surface area contributed by atoms with Crippen LogP contribution in [0, 0.1) is 5.95 Å². The van der Waals surface area contributed by atoms with Crippen LogP contribution in [0.1, 0.15) is 5.56 Å². The van der Waals surface area contributed by atoms with Crippen molar-refractivity contribution >= 4 is 17.7 Å². The minimum absolute atomic E-state index is 0.405. The third-order valence-corrected chi connectivity index (χ3v) is 1.66. The second kappa shape index (κ2) is 4.94. The van der Waals surface area contributed by atoms with E-state index < -0.39 is 5.95 Å². The Morgan fingerprint density at radius 1 is 1.69 bits per heavy atom. The average molecular weight is 201 g/mol. The highest BCUT2D eigenvalue weighted by Crippen LogP contribution is 2.13. The quantitative estimate of drug-likeness (QED) is 0.756. The van der Waals surface area contributed by atoms with E-state index in [1.165, 1.54) is 12.3 Å². The Labute approximate surface area is 81.4 Å². The van der Waals surface area contributed by atoms with E-state index >= 15 is 0 Å². The lowest BCUT2D eigenvalue weighted by Gasteiger charge is -1.96. The van der Waals surface area contributed by atoms with Crippen molar-refractivity contribution in [3.8, 4) is 0 Å². The molecule has 0 aliphatic carbocycles. The van der Waals surface area contributed by atoms with E-state index in [0.29, 0.717) is 17.1 Å². The largest absolute Gasteiger partial charge is 0.316 e. The van der Waals surface area contributed by atoms with Crippen molar-refractivity contribution in [2.75, 3.05) is 13.6 Å². The summed E-state index contributed by atoms with van der Waals surface area (Å²) in [6.07, 6.45) is 4.73. The highest BCUT2D eigenvalue weighted by molar-refractivity contribution is 6.30. The lowest BCUT2D eigenvalue weighted by Crippen LogP contribution is -2.03. The van der Waals surface area contributed by atoms with Crippen molar-refractivity contribution < 1.29 is 4.39 Å². The van der Waals surface area contributed by atoms with E-state index in [9.17, 15) is 4.39 Å². The fourth-order valence-electron chi connectivity index (χ4n) is 0.859. The van der Waals surface area contributed by atoms with E-state index in [1.807, 2.05) is 7.05 Å². The first-order chi connectivity index (χ1) is 6.24. The summed E-state index contributed by atoms with van der Waals surface area (Å²) >= 11 is 5.65. The van der Waals surface area contributed by atoms with Gasteiger partial charge in [0.1, 0.15) is 0 Å². The third-order valence-electron chi connectivity index (χ3n) is 1.45. The first-order valence-electron chi connectivity index (χ1n) is 3.86. The molecule has 0 saturated heterocycles. The Balaban J connectivity index is 2.81. The van der Waals surface area contributed by atoms with Gasteiger partial charge in [-0.3, -0.25) is 0 Å². The van der Waals surface area contributed by atoms with Crippen LogP contribution in [0.25, 0.3) is 6.08 Å². The molecule has 1 heterocycles. The Hall–Kier alpha value is -0.930. The van der Waals surface area contributed by atoms with Gasteiger partial charge in [-0.1, -0.05) is 23.8 Å². The van der Waals surface area contributed by atoms with Gasteiger partial charge in [-0.15, -0.1) is 0 Å². The SMILES string of the molecule is CNCC=Cc1cc(Cl)cnc1F. The van der Waals surface area contributed by atoms with Crippen molar-refractivity contribution in [2.45, 2.75) is 0 Å². The number of nitrogens with zero attached hydrogens (tertiary/aromatic N) is 1. The van der Waals surface area contributed by atoms with Crippen LogP contribution in [0.4, 0.5) is 4.39 Å². The zero-order valence-corrected chi connectivity index (χ0v) is 7.98. The molecule has 70 valence electrons. The summed E-state index contributed by atoms with van der Waals surface area (Å²) in [5.41, 5.74) is 0.405. The van der Waals surface area contributed by atoms with Crippen molar-refractivity contribution in [3.63, 3.8) is 0 Å². The van der Waals surface area contributed by atoms with E-state index in [1.54, 1.807) is 12.2 Å². The molecule has 1 aromatic heterocycles. The summed E-state index contributed by atoms with van der Waals surface area (Å²) in [6.45, 7) is 0.686. The lowest BCUT2D eigenvalue weighted by atomic mass is 10.2. The highest BCUT2D eigenvalue weighted by Gasteiger charge is 1.99. The van der Waals surface area contributed by atoms with Crippen molar-refractivity contribution in [2.24, 2.45) is 0 Å². The molecular weight excluding hydrogens is 191 g/mol. The summed E-state index contributed by atoms with van der Waals surface area (Å²) in [5, 5.41) is 3.35. The minimum atomic E-state index is -0.503. The molecule has 1 aromatic rings. The fourth-order valence-corrected chi connectivity index (χ4v) is 1.03. The zero-order valence-electron chi connectivity index (χ0n) is 7.22. The maximum Gasteiger partial charge on any atom is 0.220 e. The first kappa shape index (κ1) is 10.2. The molecule has 0 saturated carbocycles. The average Bonchev–Trinajstić information content (AvgIpc) is 2.11. The predicted octanol–water partition coefficient (Wildman–Crippen LogP) is 2.11. The van der Waals surface area contributed by atoms with Gasteiger partial charge in [0.25, 0.3) is 0 Å². The molecule has 2 nitrogen and oxygen atoms in total. The monoisotopic (exact) mass is 200 g/mol. The molecule has 0 aliphatic rings. The minimum Gasteiger partial charge on any atom is -0.316 e. The molecule has 0 fully saturated rings. The molecule has 1 rings (SSSR count). The van der Waals surface area contributed by atoms with Crippen molar-refractivity contribution in [1.82, 2.24) is 10.3 Å². The number of halogens is 2. The number of aromatic nitrogens is 1. The van der Waals surface area contributed by atoms with Gasteiger partial charge in [-0.2, -0.15) is 4.39 Å². The second-order valence-electron chi connectivity index (χ2n) is 2.49. The summed E-state index contributed by atoms with van der Waals surface area (Å²) in [4.78, 5) is 3.49. The van der Waals surface area contributed by atoms with Gasteiger partial charge in [0, 0.05) is 18.3 Å². The zero-order chi connectivity index (χ0) is 9.68. The summed E-state index contributed by atoms with van der Waals surface area (Å²) in [5.74, 6) is -0.503. The topological polar surface area (TPSA) is 24.9 Å². The van der Waals surface area contributed by atoms with E-state index in [2.05, 4.69) is 10.3 Å². The van der Waals surface area contributed by atoms with Gasteiger partial charge in [-0.05, 0) is 13.1 Å². The number of rotatable bonds is 3. The number of likely N-dealkylation sites (N-methyl/N-ethyl adjacent to an activating group) is 1. The lowest BCUT2D eigenvalue weighted by molar-refractivity contribution is 0.581. The normalized spacial score (nSPS) is 11.0. The van der Waals surface area contributed by atoms with Gasteiger partial charge >= 0.3 is 0 Å². The maximum absolute atomic E-state index is 13.0. The summed E-state index contributed by atoms with van der Waals surface area (Å²) < 4.78 is 13.0. The molecule has 0 radical (unpaired) electrons.